The summed E-state index contributed by atoms with van der Waals surface area (Å²) in [5.41, 5.74) is 1.39. The van der Waals surface area contributed by atoms with Gasteiger partial charge in [-0.3, -0.25) is 0 Å². The zero-order valence-electron chi connectivity index (χ0n) is 10.8. The number of rotatable bonds is 5. The Balaban J connectivity index is 1.71. The molecule has 0 amide bonds. The molecule has 0 spiro atoms. The summed E-state index contributed by atoms with van der Waals surface area (Å²) in [5.74, 6) is 1.28. The molecule has 0 heterocycles. The Morgan fingerprint density at radius 3 is 2.65 bits per heavy atom. The van der Waals surface area contributed by atoms with Gasteiger partial charge in [0, 0.05) is 0 Å². The topological polar surface area (TPSA) is 20.2 Å². The molecule has 1 aliphatic rings. The lowest BCUT2D eigenvalue weighted by molar-refractivity contribution is 0.0801. The molecule has 0 radical (unpaired) electrons. The van der Waals surface area contributed by atoms with Gasteiger partial charge in [0.05, 0.1) is 6.10 Å². The van der Waals surface area contributed by atoms with Crippen molar-refractivity contribution in [3.05, 3.63) is 35.9 Å². The van der Waals surface area contributed by atoms with Gasteiger partial charge < -0.3 is 5.11 Å². The summed E-state index contributed by atoms with van der Waals surface area (Å²) in [5, 5.41) is 10.2. The Morgan fingerprint density at radius 1 is 1.24 bits per heavy atom. The first kappa shape index (κ1) is 12.6. The molecule has 3 atom stereocenters. The Bertz CT molecular complexity index is 320. The Kier molecular flexibility index (Phi) is 4.61. The molecule has 0 aromatic heterocycles. The van der Waals surface area contributed by atoms with Crippen LogP contribution in [0.25, 0.3) is 0 Å². The van der Waals surface area contributed by atoms with Crippen molar-refractivity contribution in [2.45, 2.75) is 51.6 Å². The maximum absolute atomic E-state index is 10.2. The molecule has 17 heavy (non-hydrogen) atoms. The van der Waals surface area contributed by atoms with E-state index >= 15 is 0 Å². The molecule has 1 saturated carbocycles. The maximum Gasteiger partial charge on any atom is 0.0571 e. The number of aliphatic hydroxyl groups excluding tert-OH is 1. The molecule has 0 saturated heterocycles. The highest BCUT2D eigenvalue weighted by molar-refractivity contribution is 5.14. The largest absolute Gasteiger partial charge is 0.393 e. The van der Waals surface area contributed by atoms with E-state index in [1.807, 2.05) is 0 Å². The van der Waals surface area contributed by atoms with Crippen LogP contribution in [-0.2, 0) is 6.42 Å². The summed E-state index contributed by atoms with van der Waals surface area (Å²) < 4.78 is 0. The molecular weight excluding hydrogens is 208 g/mol. The normalized spacial score (nSPS) is 26.0. The molecule has 1 nitrogen and oxygen atoms in total. The predicted octanol–water partition coefficient (Wildman–Crippen LogP) is 3.81. The second kappa shape index (κ2) is 6.20. The van der Waals surface area contributed by atoms with E-state index < -0.39 is 0 Å². The number of hydrogen-bond acceptors (Lipinski definition) is 1. The van der Waals surface area contributed by atoms with Gasteiger partial charge in [-0.1, -0.05) is 50.1 Å². The standard InChI is InChI=1S/C16H24O/c1-13-7-5-11-15(13)16(17)12-6-10-14-8-3-2-4-9-14/h2-4,8-9,13,15-17H,5-7,10-12H2,1H3. The van der Waals surface area contributed by atoms with Crippen LogP contribution >= 0.6 is 0 Å². The molecule has 1 N–H and O–H groups in total. The van der Waals surface area contributed by atoms with Gasteiger partial charge in [-0.25, -0.2) is 0 Å². The van der Waals surface area contributed by atoms with Gasteiger partial charge in [0.1, 0.15) is 0 Å². The number of aryl methyl sites for hydroxylation is 1. The lowest BCUT2D eigenvalue weighted by Crippen LogP contribution is -2.22. The van der Waals surface area contributed by atoms with Crippen molar-refractivity contribution in [2.24, 2.45) is 11.8 Å². The fraction of sp³-hybridized carbons (Fsp3) is 0.625. The third-order valence-corrected chi connectivity index (χ3v) is 4.23. The van der Waals surface area contributed by atoms with E-state index in [1.165, 1.54) is 24.8 Å². The lowest BCUT2D eigenvalue weighted by atomic mass is 9.89. The minimum atomic E-state index is -0.0730. The van der Waals surface area contributed by atoms with Crippen LogP contribution in [0, 0.1) is 11.8 Å². The minimum Gasteiger partial charge on any atom is -0.393 e. The van der Waals surface area contributed by atoms with Crippen LogP contribution < -0.4 is 0 Å². The maximum atomic E-state index is 10.2. The zero-order valence-corrected chi connectivity index (χ0v) is 10.8. The number of hydrogen-bond donors (Lipinski definition) is 1. The highest BCUT2D eigenvalue weighted by atomic mass is 16.3. The van der Waals surface area contributed by atoms with Crippen molar-refractivity contribution in [1.82, 2.24) is 0 Å². The van der Waals surface area contributed by atoms with Crippen LogP contribution in [0.5, 0.6) is 0 Å². The van der Waals surface area contributed by atoms with Gasteiger partial charge in [-0.15, -0.1) is 0 Å². The molecule has 1 heteroatoms. The first-order valence-electron chi connectivity index (χ1n) is 6.99. The molecule has 3 unspecified atom stereocenters. The van der Waals surface area contributed by atoms with Gasteiger partial charge in [-0.2, -0.15) is 0 Å². The molecule has 0 aliphatic heterocycles. The third-order valence-electron chi connectivity index (χ3n) is 4.23. The number of benzene rings is 1. The van der Waals surface area contributed by atoms with Crippen molar-refractivity contribution >= 4 is 0 Å². The van der Waals surface area contributed by atoms with Crippen LogP contribution in [0.15, 0.2) is 30.3 Å². The average molecular weight is 232 g/mol. The Labute approximate surface area is 105 Å². The quantitative estimate of drug-likeness (QED) is 0.818. The predicted molar refractivity (Wildman–Crippen MR) is 71.9 cm³/mol. The van der Waals surface area contributed by atoms with Crippen LogP contribution in [0.1, 0.15) is 44.6 Å². The van der Waals surface area contributed by atoms with Crippen LogP contribution in [-0.4, -0.2) is 11.2 Å². The van der Waals surface area contributed by atoms with Crippen molar-refractivity contribution in [1.29, 1.82) is 0 Å². The van der Waals surface area contributed by atoms with Crippen molar-refractivity contribution in [3.8, 4) is 0 Å². The van der Waals surface area contributed by atoms with E-state index in [0.717, 1.165) is 25.2 Å². The third kappa shape index (κ3) is 3.57. The van der Waals surface area contributed by atoms with Crippen LogP contribution in [0.2, 0.25) is 0 Å². The molecular formula is C16H24O. The number of aliphatic hydroxyl groups is 1. The van der Waals surface area contributed by atoms with Gasteiger partial charge in [0.15, 0.2) is 0 Å². The highest BCUT2D eigenvalue weighted by Crippen LogP contribution is 2.35. The van der Waals surface area contributed by atoms with Gasteiger partial charge in [0.25, 0.3) is 0 Å². The monoisotopic (exact) mass is 232 g/mol. The highest BCUT2D eigenvalue weighted by Gasteiger charge is 2.29. The van der Waals surface area contributed by atoms with Crippen LogP contribution in [0.3, 0.4) is 0 Å². The van der Waals surface area contributed by atoms with E-state index in [4.69, 9.17) is 0 Å². The first-order chi connectivity index (χ1) is 8.27. The molecule has 0 bridgehead atoms. The van der Waals surface area contributed by atoms with Crippen molar-refractivity contribution in [3.63, 3.8) is 0 Å². The summed E-state index contributed by atoms with van der Waals surface area (Å²) in [7, 11) is 0. The lowest BCUT2D eigenvalue weighted by Gasteiger charge is -2.22. The van der Waals surface area contributed by atoms with E-state index in [-0.39, 0.29) is 6.10 Å². The van der Waals surface area contributed by atoms with Crippen molar-refractivity contribution < 1.29 is 5.11 Å². The molecule has 2 rings (SSSR count). The molecule has 1 aromatic carbocycles. The Morgan fingerprint density at radius 2 is 2.00 bits per heavy atom. The molecule has 94 valence electrons. The summed E-state index contributed by atoms with van der Waals surface area (Å²) >= 11 is 0. The van der Waals surface area contributed by atoms with E-state index in [9.17, 15) is 5.11 Å². The SMILES string of the molecule is CC1CCCC1C(O)CCCc1ccccc1. The van der Waals surface area contributed by atoms with E-state index in [2.05, 4.69) is 37.3 Å². The fourth-order valence-corrected chi connectivity index (χ4v) is 3.12. The van der Waals surface area contributed by atoms with E-state index in [0.29, 0.717) is 5.92 Å². The molecule has 1 aromatic rings. The molecule has 1 fully saturated rings. The van der Waals surface area contributed by atoms with Gasteiger partial charge in [-0.05, 0) is 43.1 Å². The van der Waals surface area contributed by atoms with Gasteiger partial charge >= 0.3 is 0 Å². The summed E-state index contributed by atoms with van der Waals surface area (Å²) in [4.78, 5) is 0. The van der Waals surface area contributed by atoms with E-state index in [1.54, 1.807) is 0 Å². The van der Waals surface area contributed by atoms with Crippen LogP contribution in [0.4, 0.5) is 0 Å². The minimum absolute atomic E-state index is 0.0730. The second-order valence-corrected chi connectivity index (χ2v) is 5.52. The summed E-state index contributed by atoms with van der Waals surface area (Å²) in [6, 6.07) is 10.6. The summed E-state index contributed by atoms with van der Waals surface area (Å²) in [6.45, 7) is 2.29. The molecule has 1 aliphatic carbocycles. The average Bonchev–Trinajstić information content (AvgIpc) is 2.77. The zero-order chi connectivity index (χ0) is 12.1. The summed E-state index contributed by atoms with van der Waals surface area (Å²) in [6.07, 6.45) is 6.93. The smallest absolute Gasteiger partial charge is 0.0571 e. The fourth-order valence-electron chi connectivity index (χ4n) is 3.12. The van der Waals surface area contributed by atoms with Gasteiger partial charge in [0.2, 0.25) is 0 Å². The van der Waals surface area contributed by atoms with Crippen molar-refractivity contribution in [2.75, 3.05) is 0 Å². The second-order valence-electron chi connectivity index (χ2n) is 5.52. The Hall–Kier alpha value is -0.820. The first-order valence-corrected chi connectivity index (χ1v) is 6.99.